The van der Waals surface area contributed by atoms with E-state index in [9.17, 15) is 9.90 Å². The first-order valence-corrected chi connectivity index (χ1v) is 11.0. The number of ether oxygens (including phenoxy) is 2. The van der Waals surface area contributed by atoms with Crippen molar-refractivity contribution in [1.29, 1.82) is 0 Å². The van der Waals surface area contributed by atoms with Crippen LogP contribution in [0.5, 0.6) is 5.75 Å². The Labute approximate surface area is 186 Å². The molecule has 0 fully saturated rings. The van der Waals surface area contributed by atoms with Gasteiger partial charge in [0.2, 0.25) is 0 Å². The summed E-state index contributed by atoms with van der Waals surface area (Å²) in [4.78, 5) is 11.5. The molecule has 0 aliphatic heterocycles. The molecule has 2 rings (SSSR count). The van der Waals surface area contributed by atoms with Crippen molar-refractivity contribution in [2.24, 2.45) is 0 Å². The van der Waals surface area contributed by atoms with Crippen molar-refractivity contribution in [3.05, 3.63) is 64.2 Å². The van der Waals surface area contributed by atoms with Gasteiger partial charge >= 0.3 is 5.97 Å². The molecule has 2 N–H and O–H groups in total. The predicted octanol–water partition coefficient (Wildman–Crippen LogP) is 4.25. The number of methoxy groups -OCH3 is 1. The average molecular weight is 429 g/mol. The minimum Gasteiger partial charge on any atom is -0.491 e. The van der Waals surface area contributed by atoms with E-state index in [1.165, 1.54) is 23.8 Å². The van der Waals surface area contributed by atoms with Crippen LogP contribution >= 0.6 is 0 Å². The molecule has 0 aliphatic rings. The van der Waals surface area contributed by atoms with Crippen LogP contribution in [0.2, 0.25) is 0 Å². The number of aliphatic hydroxyl groups excluding tert-OH is 2. The molecular formula is C26H36O5. The van der Waals surface area contributed by atoms with Crippen LogP contribution < -0.4 is 4.74 Å². The van der Waals surface area contributed by atoms with Gasteiger partial charge in [-0.15, -0.1) is 0 Å². The number of esters is 1. The zero-order valence-electron chi connectivity index (χ0n) is 19.4. The van der Waals surface area contributed by atoms with Gasteiger partial charge in [-0.2, -0.15) is 0 Å². The summed E-state index contributed by atoms with van der Waals surface area (Å²) < 4.78 is 10.4. The average Bonchev–Trinajstić information content (AvgIpc) is 2.78. The van der Waals surface area contributed by atoms with Crippen molar-refractivity contribution in [1.82, 2.24) is 0 Å². The molecule has 170 valence electrons. The van der Waals surface area contributed by atoms with Crippen LogP contribution in [0.25, 0.3) is 0 Å². The Morgan fingerprint density at radius 1 is 1.03 bits per heavy atom. The summed E-state index contributed by atoms with van der Waals surface area (Å²) in [6, 6.07) is 12.8. The molecule has 0 saturated carbocycles. The highest BCUT2D eigenvalue weighted by Gasteiger charge is 2.31. The summed E-state index contributed by atoms with van der Waals surface area (Å²) in [5, 5.41) is 18.5. The van der Waals surface area contributed by atoms with Gasteiger partial charge in [-0.1, -0.05) is 44.2 Å². The number of benzene rings is 2. The number of carbonyl (C=O) groups is 1. The van der Waals surface area contributed by atoms with Crippen LogP contribution in [-0.4, -0.2) is 42.6 Å². The van der Waals surface area contributed by atoms with Gasteiger partial charge in [-0.05, 0) is 67.0 Å². The number of rotatable bonds is 11. The lowest BCUT2D eigenvalue weighted by Gasteiger charge is -2.34. The van der Waals surface area contributed by atoms with Gasteiger partial charge in [0.05, 0.1) is 13.7 Å². The summed E-state index contributed by atoms with van der Waals surface area (Å²) in [7, 11) is 1.42. The Morgan fingerprint density at radius 2 is 1.65 bits per heavy atom. The smallest absolute Gasteiger partial charge is 0.305 e. The monoisotopic (exact) mass is 428 g/mol. The van der Waals surface area contributed by atoms with Gasteiger partial charge in [0, 0.05) is 11.8 Å². The number of carbonyl (C=O) groups excluding carboxylic acids is 1. The lowest BCUT2D eigenvalue weighted by molar-refractivity contribution is -0.140. The van der Waals surface area contributed by atoms with Crippen molar-refractivity contribution in [2.75, 3.05) is 20.3 Å². The first kappa shape index (κ1) is 24.9. The Hall–Kier alpha value is -2.37. The summed E-state index contributed by atoms with van der Waals surface area (Å²) in [5.74, 6) is 0.524. The quantitative estimate of drug-likeness (QED) is 0.524. The maximum absolute atomic E-state index is 11.5. The van der Waals surface area contributed by atoms with Gasteiger partial charge in [-0.3, -0.25) is 4.79 Å². The van der Waals surface area contributed by atoms with Gasteiger partial charge in [-0.25, -0.2) is 0 Å². The number of hydrogen-bond donors (Lipinski definition) is 2. The van der Waals surface area contributed by atoms with E-state index in [2.05, 4.69) is 51.1 Å². The highest BCUT2D eigenvalue weighted by Crippen LogP contribution is 2.41. The minimum atomic E-state index is -0.884. The molecule has 0 aromatic heterocycles. The maximum atomic E-state index is 11.5. The molecule has 0 bridgehead atoms. The van der Waals surface area contributed by atoms with E-state index in [0.717, 1.165) is 24.0 Å². The largest absolute Gasteiger partial charge is 0.491 e. The third-order valence-electron chi connectivity index (χ3n) is 6.30. The third kappa shape index (κ3) is 5.86. The second kappa shape index (κ2) is 11.3. The zero-order valence-corrected chi connectivity index (χ0v) is 19.4. The van der Waals surface area contributed by atoms with E-state index >= 15 is 0 Å². The first-order chi connectivity index (χ1) is 14.8. The number of aryl methyl sites for hydroxylation is 3. The summed E-state index contributed by atoms with van der Waals surface area (Å²) >= 11 is 0. The molecule has 2 aromatic rings. The van der Waals surface area contributed by atoms with Crippen molar-refractivity contribution >= 4 is 5.97 Å². The molecule has 0 amide bonds. The topological polar surface area (TPSA) is 76.0 Å². The predicted molar refractivity (Wildman–Crippen MR) is 123 cm³/mol. The molecule has 0 aliphatic carbocycles. The van der Waals surface area contributed by atoms with Crippen molar-refractivity contribution < 1.29 is 24.5 Å². The Kier molecular flexibility index (Phi) is 9.08. The number of aliphatic hydroxyl groups is 2. The molecule has 1 atom stereocenters. The lowest BCUT2D eigenvalue weighted by atomic mass is 9.69. The molecule has 0 saturated heterocycles. The fourth-order valence-electron chi connectivity index (χ4n) is 4.19. The van der Waals surface area contributed by atoms with Gasteiger partial charge in [0.15, 0.2) is 0 Å². The van der Waals surface area contributed by atoms with Gasteiger partial charge in [0.1, 0.15) is 18.5 Å². The second-order valence-corrected chi connectivity index (χ2v) is 8.13. The van der Waals surface area contributed by atoms with Gasteiger partial charge in [0.25, 0.3) is 0 Å². The van der Waals surface area contributed by atoms with E-state index in [4.69, 9.17) is 14.6 Å². The standard InChI is InChI=1S/C26H36O5/c1-6-26(7-2,21-10-8-20(18(3)14-21)9-13-25(29)30-5)22-11-12-24(19(4)15-22)31-17-23(28)16-27/h8,10-12,14-15,23,27-28H,6-7,9,13,16-17H2,1-5H3/t23-/m1/s1. The maximum Gasteiger partial charge on any atom is 0.305 e. The second-order valence-electron chi connectivity index (χ2n) is 8.13. The zero-order chi connectivity index (χ0) is 23.0. The van der Waals surface area contributed by atoms with E-state index < -0.39 is 6.10 Å². The fraction of sp³-hybridized carbons (Fsp3) is 0.500. The third-order valence-corrected chi connectivity index (χ3v) is 6.30. The van der Waals surface area contributed by atoms with Crippen LogP contribution in [0.1, 0.15) is 60.9 Å². The normalized spacial score (nSPS) is 12.5. The molecule has 0 spiro atoms. The Morgan fingerprint density at radius 3 is 2.16 bits per heavy atom. The van der Waals surface area contributed by atoms with Gasteiger partial charge < -0.3 is 19.7 Å². The molecule has 0 radical (unpaired) electrons. The molecule has 0 heterocycles. The van der Waals surface area contributed by atoms with Crippen molar-refractivity contribution in [3.8, 4) is 5.75 Å². The Balaban J connectivity index is 2.34. The van der Waals surface area contributed by atoms with Crippen LogP contribution in [0.15, 0.2) is 36.4 Å². The molecule has 5 nitrogen and oxygen atoms in total. The van der Waals surface area contributed by atoms with E-state index in [-0.39, 0.29) is 24.6 Å². The lowest BCUT2D eigenvalue weighted by Crippen LogP contribution is -2.26. The summed E-state index contributed by atoms with van der Waals surface area (Å²) in [5.41, 5.74) is 5.71. The van der Waals surface area contributed by atoms with E-state index in [0.29, 0.717) is 18.6 Å². The molecule has 5 heteroatoms. The van der Waals surface area contributed by atoms with E-state index in [1.54, 1.807) is 0 Å². The van der Waals surface area contributed by atoms with Crippen molar-refractivity contribution in [2.45, 2.75) is 64.9 Å². The molecule has 31 heavy (non-hydrogen) atoms. The van der Waals surface area contributed by atoms with Crippen LogP contribution in [0.4, 0.5) is 0 Å². The van der Waals surface area contributed by atoms with Crippen LogP contribution in [0, 0.1) is 13.8 Å². The molecule has 0 unspecified atom stereocenters. The Bertz CT molecular complexity index is 870. The SMILES string of the molecule is CCC(CC)(c1ccc(CCC(=O)OC)c(C)c1)c1ccc(OC[C@H](O)CO)c(C)c1. The van der Waals surface area contributed by atoms with Crippen LogP contribution in [-0.2, 0) is 21.4 Å². The molecule has 2 aromatic carbocycles. The number of hydrogen-bond acceptors (Lipinski definition) is 5. The summed E-state index contributed by atoms with van der Waals surface area (Å²) in [6.45, 7) is 8.27. The van der Waals surface area contributed by atoms with E-state index in [1.807, 2.05) is 13.0 Å². The fourth-order valence-corrected chi connectivity index (χ4v) is 4.19. The summed E-state index contributed by atoms with van der Waals surface area (Å²) in [6.07, 6.45) is 2.08. The highest BCUT2D eigenvalue weighted by molar-refractivity contribution is 5.69. The van der Waals surface area contributed by atoms with Crippen LogP contribution in [0.3, 0.4) is 0 Å². The highest BCUT2D eigenvalue weighted by atomic mass is 16.5. The minimum absolute atomic E-state index is 0.0651. The van der Waals surface area contributed by atoms with Crippen molar-refractivity contribution in [3.63, 3.8) is 0 Å². The molecular weight excluding hydrogens is 392 g/mol. The first-order valence-electron chi connectivity index (χ1n) is 11.0.